The molecule has 0 atom stereocenters. The minimum Gasteiger partial charge on any atom is -0.481 e. The zero-order valence-electron chi connectivity index (χ0n) is 11.0. The van der Waals surface area contributed by atoms with E-state index in [2.05, 4.69) is 9.97 Å². The molecule has 0 fully saturated rings. The molecule has 21 heavy (non-hydrogen) atoms. The largest absolute Gasteiger partial charge is 0.481 e. The van der Waals surface area contributed by atoms with Crippen molar-refractivity contribution in [3.8, 4) is 11.4 Å². The van der Waals surface area contributed by atoms with Crippen molar-refractivity contribution >= 4 is 17.0 Å². The third-order valence-corrected chi connectivity index (χ3v) is 3.22. The summed E-state index contributed by atoms with van der Waals surface area (Å²) in [7, 11) is 0. The van der Waals surface area contributed by atoms with Crippen molar-refractivity contribution in [3.05, 3.63) is 48.5 Å². The Kier molecular flexibility index (Phi) is 3.35. The molecule has 6 heteroatoms. The van der Waals surface area contributed by atoms with Crippen LogP contribution in [0.2, 0.25) is 0 Å². The highest BCUT2D eigenvalue weighted by atomic mass is 19.1. The van der Waals surface area contributed by atoms with Crippen molar-refractivity contribution in [2.45, 2.75) is 13.0 Å². The Morgan fingerprint density at radius 1 is 1.29 bits per heavy atom. The molecule has 2 heterocycles. The molecule has 0 aliphatic heterocycles. The van der Waals surface area contributed by atoms with E-state index in [1.807, 2.05) is 24.3 Å². The molecule has 0 aliphatic rings. The van der Waals surface area contributed by atoms with Crippen LogP contribution in [-0.4, -0.2) is 25.6 Å². The van der Waals surface area contributed by atoms with Crippen molar-refractivity contribution in [1.29, 1.82) is 0 Å². The van der Waals surface area contributed by atoms with Crippen molar-refractivity contribution < 1.29 is 14.3 Å². The van der Waals surface area contributed by atoms with Gasteiger partial charge in [-0.25, -0.2) is 9.37 Å². The van der Waals surface area contributed by atoms with E-state index in [0.717, 1.165) is 11.7 Å². The summed E-state index contributed by atoms with van der Waals surface area (Å²) in [6.45, 7) is 0.229. The molecule has 0 radical (unpaired) electrons. The third-order valence-electron chi connectivity index (χ3n) is 3.22. The van der Waals surface area contributed by atoms with Gasteiger partial charge in [-0.2, -0.15) is 0 Å². The fraction of sp³-hybridized carbons (Fsp3) is 0.133. The van der Waals surface area contributed by atoms with Gasteiger partial charge in [0.25, 0.3) is 0 Å². The predicted molar refractivity (Wildman–Crippen MR) is 75.2 cm³/mol. The number of halogens is 1. The molecule has 3 aromatic rings. The Bertz CT molecular complexity index is 814. The second-order valence-corrected chi connectivity index (χ2v) is 4.58. The number of carboxylic acid groups (broad SMARTS) is 1. The molecule has 0 amide bonds. The number of benzene rings is 1. The van der Waals surface area contributed by atoms with Crippen LogP contribution in [0.15, 0.2) is 42.7 Å². The fourth-order valence-electron chi connectivity index (χ4n) is 2.27. The maximum atomic E-state index is 14.0. The van der Waals surface area contributed by atoms with E-state index < -0.39 is 11.8 Å². The highest BCUT2D eigenvalue weighted by molar-refractivity contribution is 5.81. The van der Waals surface area contributed by atoms with E-state index in [0.29, 0.717) is 16.9 Å². The van der Waals surface area contributed by atoms with Gasteiger partial charge >= 0.3 is 5.97 Å². The van der Waals surface area contributed by atoms with E-state index in [9.17, 15) is 9.18 Å². The normalized spacial score (nSPS) is 10.9. The number of fused-ring (bicyclic) bond motifs is 1. The van der Waals surface area contributed by atoms with Crippen LogP contribution in [0.3, 0.4) is 0 Å². The minimum absolute atomic E-state index is 0.0555. The first-order valence-corrected chi connectivity index (χ1v) is 6.44. The quantitative estimate of drug-likeness (QED) is 0.800. The second kappa shape index (κ2) is 5.32. The summed E-state index contributed by atoms with van der Waals surface area (Å²) in [5, 5.41) is 8.88. The van der Waals surface area contributed by atoms with Crippen LogP contribution in [0, 0.1) is 5.82 Å². The molecule has 0 saturated carbocycles. The van der Waals surface area contributed by atoms with Gasteiger partial charge in [-0.3, -0.25) is 9.78 Å². The van der Waals surface area contributed by atoms with Crippen molar-refractivity contribution in [1.82, 2.24) is 14.5 Å². The highest BCUT2D eigenvalue weighted by Crippen LogP contribution is 2.26. The summed E-state index contributed by atoms with van der Waals surface area (Å²) in [5.74, 6) is -0.976. The summed E-state index contributed by atoms with van der Waals surface area (Å²) >= 11 is 0. The number of nitrogens with zero attached hydrogens (tertiary/aromatic N) is 3. The molecular formula is C15H12FN3O2. The smallest absolute Gasteiger partial charge is 0.305 e. The number of hydrogen-bond donors (Lipinski definition) is 1. The first-order chi connectivity index (χ1) is 10.2. The van der Waals surface area contributed by atoms with Crippen molar-refractivity contribution in [2.75, 3.05) is 0 Å². The number of aromatic nitrogens is 3. The first-order valence-electron chi connectivity index (χ1n) is 6.44. The lowest BCUT2D eigenvalue weighted by atomic mass is 10.2. The molecule has 2 aromatic heterocycles. The van der Waals surface area contributed by atoms with Crippen LogP contribution >= 0.6 is 0 Å². The zero-order chi connectivity index (χ0) is 14.8. The summed E-state index contributed by atoms with van der Waals surface area (Å²) in [6.07, 6.45) is 2.55. The molecule has 0 unspecified atom stereocenters. The number of carbonyl (C=O) groups is 1. The van der Waals surface area contributed by atoms with Crippen LogP contribution in [0.5, 0.6) is 0 Å². The standard InChI is InChI=1S/C15H12FN3O2/c16-11-9-17-7-5-10(11)15-18-12-3-1-2-4-13(12)19(15)8-6-14(20)21/h1-5,7,9H,6,8H2,(H,20,21). The van der Waals surface area contributed by atoms with E-state index in [1.165, 1.54) is 12.3 Å². The van der Waals surface area contributed by atoms with Gasteiger partial charge in [0.1, 0.15) is 5.82 Å². The predicted octanol–water partition coefficient (Wildman–Crippen LogP) is 2.71. The van der Waals surface area contributed by atoms with Crippen LogP contribution in [0.4, 0.5) is 4.39 Å². The fourth-order valence-corrected chi connectivity index (χ4v) is 2.27. The maximum Gasteiger partial charge on any atom is 0.305 e. The number of hydrogen-bond acceptors (Lipinski definition) is 3. The molecule has 106 valence electrons. The van der Waals surface area contributed by atoms with Gasteiger partial charge in [0, 0.05) is 12.7 Å². The second-order valence-electron chi connectivity index (χ2n) is 4.58. The van der Waals surface area contributed by atoms with Crippen LogP contribution in [-0.2, 0) is 11.3 Å². The molecule has 0 spiro atoms. The zero-order valence-corrected chi connectivity index (χ0v) is 11.0. The average Bonchev–Trinajstić information content (AvgIpc) is 2.84. The van der Waals surface area contributed by atoms with Crippen molar-refractivity contribution in [2.24, 2.45) is 0 Å². The summed E-state index contributed by atoms with van der Waals surface area (Å²) < 4.78 is 15.7. The topological polar surface area (TPSA) is 68.0 Å². The minimum atomic E-state index is -0.908. The Labute approximate surface area is 119 Å². The number of rotatable bonds is 4. The van der Waals surface area contributed by atoms with E-state index in [-0.39, 0.29) is 13.0 Å². The lowest BCUT2D eigenvalue weighted by Crippen LogP contribution is -2.06. The van der Waals surface area contributed by atoms with Gasteiger partial charge in [-0.05, 0) is 18.2 Å². The summed E-state index contributed by atoms with van der Waals surface area (Å²) in [4.78, 5) is 19.0. The SMILES string of the molecule is O=C(O)CCn1c(-c2ccncc2F)nc2ccccc21. The lowest BCUT2D eigenvalue weighted by Gasteiger charge is -2.08. The maximum absolute atomic E-state index is 14.0. The molecule has 3 rings (SSSR count). The van der Waals surface area contributed by atoms with Gasteiger partial charge in [0.05, 0.1) is 29.2 Å². The molecular weight excluding hydrogens is 273 g/mol. The van der Waals surface area contributed by atoms with Crippen LogP contribution in [0.1, 0.15) is 6.42 Å². The number of aryl methyl sites for hydroxylation is 1. The van der Waals surface area contributed by atoms with Gasteiger partial charge in [-0.15, -0.1) is 0 Å². The van der Waals surface area contributed by atoms with Gasteiger partial charge in [0.2, 0.25) is 0 Å². The monoisotopic (exact) mass is 285 g/mol. The lowest BCUT2D eigenvalue weighted by molar-refractivity contribution is -0.137. The molecule has 1 aromatic carbocycles. The highest BCUT2D eigenvalue weighted by Gasteiger charge is 2.16. The molecule has 0 aliphatic carbocycles. The number of carboxylic acids is 1. The van der Waals surface area contributed by atoms with Gasteiger partial charge in [0.15, 0.2) is 5.82 Å². The average molecular weight is 285 g/mol. The van der Waals surface area contributed by atoms with Crippen LogP contribution in [0.25, 0.3) is 22.4 Å². The summed E-state index contributed by atoms with van der Waals surface area (Å²) in [6, 6.07) is 8.87. The Hall–Kier alpha value is -2.76. The Morgan fingerprint density at radius 3 is 2.86 bits per heavy atom. The Balaban J connectivity index is 2.19. The van der Waals surface area contributed by atoms with Crippen molar-refractivity contribution in [3.63, 3.8) is 0 Å². The third kappa shape index (κ3) is 2.47. The first kappa shape index (κ1) is 13.2. The number of pyridine rings is 1. The number of imidazole rings is 1. The van der Waals surface area contributed by atoms with Gasteiger partial charge in [-0.1, -0.05) is 12.1 Å². The van der Waals surface area contributed by atoms with E-state index >= 15 is 0 Å². The van der Waals surface area contributed by atoms with E-state index in [4.69, 9.17) is 5.11 Å². The summed E-state index contributed by atoms with van der Waals surface area (Å²) in [5.41, 5.74) is 1.80. The molecule has 5 nitrogen and oxygen atoms in total. The Morgan fingerprint density at radius 2 is 2.10 bits per heavy atom. The number of aliphatic carboxylic acids is 1. The van der Waals surface area contributed by atoms with E-state index in [1.54, 1.807) is 4.57 Å². The molecule has 0 bridgehead atoms. The molecule has 0 saturated heterocycles. The number of para-hydroxylation sites is 2. The van der Waals surface area contributed by atoms with Gasteiger partial charge < -0.3 is 9.67 Å². The van der Waals surface area contributed by atoms with Crippen LogP contribution < -0.4 is 0 Å². The molecule has 1 N–H and O–H groups in total.